The van der Waals surface area contributed by atoms with Crippen molar-refractivity contribution >= 4 is 23.0 Å². The summed E-state index contributed by atoms with van der Waals surface area (Å²) in [5.74, 6) is 0.373. The maximum atomic E-state index is 11.7. The van der Waals surface area contributed by atoms with Crippen LogP contribution < -0.4 is 10.6 Å². The van der Waals surface area contributed by atoms with Crippen LogP contribution in [0.2, 0.25) is 0 Å². The van der Waals surface area contributed by atoms with Gasteiger partial charge in [0.15, 0.2) is 0 Å². The molecular weight excluding hydrogens is 284 g/mol. The van der Waals surface area contributed by atoms with Gasteiger partial charge in [-0.2, -0.15) is 0 Å². The number of benzene rings is 2. The predicted octanol–water partition coefficient (Wildman–Crippen LogP) is 5.08. The molecule has 3 heteroatoms. The lowest BCUT2D eigenvalue weighted by molar-refractivity contribution is -0.117. The minimum Gasteiger partial charge on any atom is -0.356 e. The molecule has 3 rings (SSSR count). The molecule has 1 aliphatic rings. The molecule has 2 N–H and O–H groups in total. The Hall–Kier alpha value is -2.29. The van der Waals surface area contributed by atoms with Gasteiger partial charge in [0, 0.05) is 23.0 Å². The zero-order valence-corrected chi connectivity index (χ0v) is 14.0. The van der Waals surface area contributed by atoms with E-state index in [1.807, 2.05) is 24.3 Å². The van der Waals surface area contributed by atoms with Crippen LogP contribution in [0.5, 0.6) is 0 Å². The first-order valence-corrected chi connectivity index (χ1v) is 8.20. The molecule has 0 unspecified atom stereocenters. The normalized spacial score (nSPS) is 14.4. The SMILES string of the molecule is CC(C)(C)c1ccc(Nc2ccc(NC(=O)C3CC3)cc2)cc1. The van der Waals surface area contributed by atoms with Crippen molar-refractivity contribution in [3.05, 3.63) is 54.1 Å². The Morgan fingerprint density at radius 1 is 0.870 bits per heavy atom. The Balaban J connectivity index is 1.62. The minimum absolute atomic E-state index is 0.142. The molecule has 2 aromatic carbocycles. The van der Waals surface area contributed by atoms with E-state index >= 15 is 0 Å². The highest BCUT2D eigenvalue weighted by atomic mass is 16.2. The third-order valence-corrected chi connectivity index (χ3v) is 4.14. The van der Waals surface area contributed by atoms with E-state index in [9.17, 15) is 4.79 Å². The molecule has 0 bridgehead atoms. The van der Waals surface area contributed by atoms with Gasteiger partial charge in [-0.25, -0.2) is 0 Å². The van der Waals surface area contributed by atoms with E-state index in [1.54, 1.807) is 0 Å². The molecule has 0 aromatic heterocycles. The van der Waals surface area contributed by atoms with E-state index in [4.69, 9.17) is 0 Å². The number of anilines is 3. The van der Waals surface area contributed by atoms with Crippen molar-refractivity contribution < 1.29 is 4.79 Å². The smallest absolute Gasteiger partial charge is 0.227 e. The van der Waals surface area contributed by atoms with Crippen molar-refractivity contribution in [3.8, 4) is 0 Å². The topological polar surface area (TPSA) is 41.1 Å². The standard InChI is InChI=1S/C20H24N2O/c1-20(2,3)15-6-8-16(9-7-15)21-17-10-12-18(13-11-17)22-19(23)14-4-5-14/h6-14,21H,4-5H2,1-3H3,(H,22,23). The van der Waals surface area contributed by atoms with Gasteiger partial charge in [-0.05, 0) is 60.2 Å². The fourth-order valence-electron chi connectivity index (χ4n) is 2.45. The molecule has 0 heterocycles. The molecule has 0 aliphatic heterocycles. The van der Waals surface area contributed by atoms with Crippen LogP contribution in [0.4, 0.5) is 17.1 Å². The number of rotatable bonds is 4. The van der Waals surface area contributed by atoms with Gasteiger partial charge in [0.05, 0.1) is 0 Å². The minimum atomic E-state index is 0.142. The van der Waals surface area contributed by atoms with Crippen LogP contribution in [-0.2, 0) is 10.2 Å². The van der Waals surface area contributed by atoms with Crippen LogP contribution in [0.1, 0.15) is 39.2 Å². The molecule has 1 aliphatic carbocycles. The molecule has 1 amide bonds. The fourth-order valence-corrected chi connectivity index (χ4v) is 2.45. The molecule has 3 nitrogen and oxygen atoms in total. The summed E-state index contributed by atoms with van der Waals surface area (Å²) in [6, 6.07) is 16.4. The molecule has 1 fully saturated rings. The zero-order chi connectivity index (χ0) is 16.4. The Kier molecular flexibility index (Phi) is 4.12. The van der Waals surface area contributed by atoms with Gasteiger partial charge in [-0.1, -0.05) is 32.9 Å². The van der Waals surface area contributed by atoms with Gasteiger partial charge in [0.2, 0.25) is 5.91 Å². The average Bonchev–Trinajstić information content (AvgIpc) is 3.34. The van der Waals surface area contributed by atoms with Crippen LogP contribution in [-0.4, -0.2) is 5.91 Å². The monoisotopic (exact) mass is 308 g/mol. The van der Waals surface area contributed by atoms with Crippen molar-refractivity contribution in [2.75, 3.05) is 10.6 Å². The number of carbonyl (C=O) groups is 1. The summed E-state index contributed by atoms with van der Waals surface area (Å²) in [5, 5.41) is 6.34. The molecule has 1 saturated carbocycles. The number of amides is 1. The van der Waals surface area contributed by atoms with Gasteiger partial charge in [0.25, 0.3) is 0 Å². The maximum Gasteiger partial charge on any atom is 0.227 e. The zero-order valence-electron chi connectivity index (χ0n) is 14.0. The first kappa shape index (κ1) is 15.6. The first-order valence-electron chi connectivity index (χ1n) is 8.20. The highest BCUT2D eigenvalue weighted by Crippen LogP contribution is 2.30. The maximum absolute atomic E-state index is 11.7. The third-order valence-electron chi connectivity index (χ3n) is 4.14. The van der Waals surface area contributed by atoms with Gasteiger partial charge < -0.3 is 10.6 Å². The molecule has 2 aromatic rings. The van der Waals surface area contributed by atoms with Crippen molar-refractivity contribution in [2.45, 2.75) is 39.0 Å². The van der Waals surface area contributed by atoms with E-state index in [0.29, 0.717) is 0 Å². The number of hydrogen-bond acceptors (Lipinski definition) is 2. The van der Waals surface area contributed by atoms with Crippen LogP contribution >= 0.6 is 0 Å². The van der Waals surface area contributed by atoms with Gasteiger partial charge in [0.1, 0.15) is 0 Å². The van der Waals surface area contributed by atoms with E-state index in [-0.39, 0.29) is 17.2 Å². The summed E-state index contributed by atoms with van der Waals surface area (Å²) < 4.78 is 0. The third kappa shape index (κ3) is 4.13. The van der Waals surface area contributed by atoms with Crippen molar-refractivity contribution in [2.24, 2.45) is 5.92 Å². The summed E-state index contributed by atoms with van der Waals surface area (Å²) in [5.41, 5.74) is 4.42. The van der Waals surface area contributed by atoms with Crippen LogP contribution in [0.15, 0.2) is 48.5 Å². The van der Waals surface area contributed by atoms with Crippen molar-refractivity contribution in [1.29, 1.82) is 0 Å². The number of hydrogen-bond donors (Lipinski definition) is 2. The molecule has 0 saturated heterocycles. The van der Waals surface area contributed by atoms with E-state index in [2.05, 4.69) is 55.7 Å². The summed E-state index contributed by atoms with van der Waals surface area (Å²) >= 11 is 0. The lowest BCUT2D eigenvalue weighted by Gasteiger charge is -2.19. The first-order chi connectivity index (χ1) is 10.9. The highest BCUT2D eigenvalue weighted by Gasteiger charge is 2.29. The molecule has 23 heavy (non-hydrogen) atoms. The Morgan fingerprint density at radius 3 is 1.83 bits per heavy atom. The van der Waals surface area contributed by atoms with Gasteiger partial charge >= 0.3 is 0 Å². The van der Waals surface area contributed by atoms with Gasteiger partial charge in [-0.3, -0.25) is 4.79 Å². The Bertz CT molecular complexity index is 677. The summed E-state index contributed by atoms with van der Waals surface area (Å²) in [7, 11) is 0. The second-order valence-corrected chi connectivity index (χ2v) is 7.29. The van der Waals surface area contributed by atoms with Gasteiger partial charge in [-0.15, -0.1) is 0 Å². The lowest BCUT2D eigenvalue weighted by Crippen LogP contribution is -2.13. The Morgan fingerprint density at radius 2 is 1.35 bits per heavy atom. The van der Waals surface area contributed by atoms with E-state index < -0.39 is 0 Å². The second-order valence-electron chi connectivity index (χ2n) is 7.29. The quantitative estimate of drug-likeness (QED) is 0.827. The average molecular weight is 308 g/mol. The molecule has 0 spiro atoms. The van der Waals surface area contributed by atoms with Crippen LogP contribution in [0, 0.1) is 5.92 Å². The molecule has 120 valence electrons. The summed E-state index contributed by atoms with van der Waals surface area (Å²) in [6.45, 7) is 6.64. The van der Waals surface area contributed by atoms with E-state index in [1.165, 1.54) is 5.56 Å². The number of nitrogens with one attached hydrogen (secondary N) is 2. The second kappa shape index (κ2) is 6.07. The fraction of sp³-hybridized carbons (Fsp3) is 0.350. The Labute approximate surface area is 138 Å². The van der Waals surface area contributed by atoms with Crippen LogP contribution in [0.25, 0.3) is 0 Å². The lowest BCUT2D eigenvalue weighted by atomic mass is 9.87. The molecule has 0 radical (unpaired) electrons. The summed E-state index contributed by atoms with van der Waals surface area (Å²) in [4.78, 5) is 11.7. The number of carbonyl (C=O) groups excluding carboxylic acids is 1. The largest absolute Gasteiger partial charge is 0.356 e. The van der Waals surface area contributed by atoms with Crippen molar-refractivity contribution in [1.82, 2.24) is 0 Å². The molecule has 0 atom stereocenters. The predicted molar refractivity (Wildman–Crippen MR) is 96.2 cm³/mol. The van der Waals surface area contributed by atoms with Crippen molar-refractivity contribution in [3.63, 3.8) is 0 Å². The van der Waals surface area contributed by atoms with Crippen LogP contribution in [0.3, 0.4) is 0 Å². The molecular formula is C20H24N2O. The van der Waals surface area contributed by atoms with E-state index in [0.717, 1.165) is 29.9 Å². The highest BCUT2D eigenvalue weighted by molar-refractivity contribution is 5.94. The summed E-state index contributed by atoms with van der Waals surface area (Å²) in [6.07, 6.45) is 2.05.